The second-order valence-corrected chi connectivity index (χ2v) is 8.25. The number of halogens is 1. The number of amides is 1. The van der Waals surface area contributed by atoms with Crippen LogP contribution in [0.4, 0.5) is 21.5 Å². The Kier molecular flexibility index (Phi) is 5.80. The van der Waals surface area contributed by atoms with Gasteiger partial charge in [-0.2, -0.15) is 0 Å². The highest BCUT2D eigenvalue weighted by Crippen LogP contribution is 2.38. The molecule has 0 aliphatic carbocycles. The van der Waals surface area contributed by atoms with Crippen LogP contribution >= 0.6 is 24.0 Å². The number of nitrogens with zero attached hydrogens (tertiary/aromatic N) is 3. The maximum Gasteiger partial charge on any atom is 0.293 e. The zero-order chi connectivity index (χ0) is 21.3. The Balaban J connectivity index is 1.65. The monoisotopic (exact) mass is 445 g/mol. The second kappa shape index (κ2) is 8.50. The summed E-state index contributed by atoms with van der Waals surface area (Å²) < 4.78 is 19.6. The lowest BCUT2D eigenvalue weighted by Gasteiger charge is -2.28. The van der Waals surface area contributed by atoms with E-state index < -0.39 is 16.6 Å². The summed E-state index contributed by atoms with van der Waals surface area (Å²) in [6.07, 6.45) is 1.54. The number of nitro groups is 1. The van der Waals surface area contributed by atoms with Gasteiger partial charge < -0.3 is 9.64 Å². The average Bonchev–Trinajstić information content (AvgIpc) is 3.02. The number of thioether (sulfide) groups is 1. The Hall–Kier alpha value is -2.82. The quantitative estimate of drug-likeness (QED) is 0.305. The van der Waals surface area contributed by atoms with Crippen molar-refractivity contribution in [2.75, 3.05) is 36.1 Å². The minimum Gasteiger partial charge on any atom is -0.378 e. The van der Waals surface area contributed by atoms with Crippen LogP contribution in [0.3, 0.4) is 0 Å². The van der Waals surface area contributed by atoms with Crippen LogP contribution in [0, 0.1) is 15.9 Å². The van der Waals surface area contributed by atoms with Crippen LogP contribution in [0.15, 0.2) is 47.4 Å². The number of rotatable bonds is 4. The molecule has 0 aromatic heterocycles. The van der Waals surface area contributed by atoms with Crippen LogP contribution < -0.4 is 9.80 Å². The van der Waals surface area contributed by atoms with Gasteiger partial charge in [-0.3, -0.25) is 19.8 Å². The molecule has 0 atom stereocenters. The third-order valence-corrected chi connectivity index (χ3v) is 6.03. The van der Waals surface area contributed by atoms with E-state index in [-0.39, 0.29) is 20.6 Å². The summed E-state index contributed by atoms with van der Waals surface area (Å²) in [5.41, 5.74) is 1.04. The Morgan fingerprint density at radius 1 is 1.17 bits per heavy atom. The molecule has 2 aliphatic heterocycles. The van der Waals surface area contributed by atoms with Gasteiger partial charge in [0.25, 0.3) is 11.6 Å². The number of anilines is 2. The van der Waals surface area contributed by atoms with Gasteiger partial charge >= 0.3 is 0 Å². The third kappa shape index (κ3) is 3.93. The van der Waals surface area contributed by atoms with Gasteiger partial charge in [0.1, 0.15) is 11.5 Å². The SMILES string of the molecule is O=C1/C(=C\c2ccc(N3CCOCC3)c([N+](=O)[O-])c2)SC(=S)N1c1ccccc1F. The van der Waals surface area contributed by atoms with Gasteiger partial charge in [-0.25, -0.2) is 4.39 Å². The van der Waals surface area contributed by atoms with E-state index in [1.165, 1.54) is 30.3 Å². The molecule has 154 valence electrons. The fourth-order valence-corrected chi connectivity index (χ4v) is 4.59. The summed E-state index contributed by atoms with van der Waals surface area (Å²) in [6, 6.07) is 10.7. The fraction of sp³-hybridized carbons (Fsp3) is 0.200. The Bertz CT molecular complexity index is 1070. The molecular formula is C20H16FN3O4S2. The molecule has 2 aliphatic rings. The summed E-state index contributed by atoms with van der Waals surface area (Å²) in [6.45, 7) is 2.16. The van der Waals surface area contributed by atoms with Gasteiger partial charge in [0.05, 0.1) is 28.7 Å². The highest BCUT2D eigenvalue weighted by atomic mass is 32.2. The minimum absolute atomic E-state index is 0.0461. The summed E-state index contributed by atoms with van der Waals surface area (Å²) in [5, 5.41) is 11.6. The molecule has 0 bridgehead atoms. The molecule has 0 radical (unpaired) electrons. The number of benzene rings is 2. The second-order valence-electron chi connectivity index (χ2n) is 6.57. The lowest BCUT2D eigenvalue weighted by Crippen LogP contribution is -2.36. The van der Waals surface area contributed by atoms with E-state index in [1.54, 1.807) is 18.2 Å². The molecule has 2 aromatic rings. The van der Waals surface area contributed by atoms with Crippen molar-refractivity contribution in [3.8, 4) is 0 Å². The van der Waals surface area contributed by atoms with E-state index in [0.29, 0.717) is 37.6 Å². The summed E-state index contributed by atoms with van der Waals surface area (Å²) in [5.74, 6) is -1.02. The number of nitro benzene ring substituents is 1. The first-order valence-corrected chi connectivity index (χ1v) is 10.3. The largest absolute Gasteiger partial charge is 0.378 e. The van der Waals surface area contributed by atoms with Crippen molar-refractivity contribution in [3.63, 3.8) is 0 Å². The zero-order valence-corrected chi connectivity index (χ0v) is 17.2. The van der Waals surface area contributed by atoms with Crippen LogP contribution in [0.1, 0.15) is 5.56 Å². The van der Waals surface area contributed by atoms with Gasteiger partial charge in [-0.15, -0.1) is 0 Å². The molecule has 0 saturated carbocycles. The number of hydrogen-bond donors (Lipinski definition) is 0. The summed E-state index contributed by atoms with van der Waals surface area (Å²) >= 11 is 6.29. The van der Waals surface area contributed by atoms with E-state index in [0.717, 1.165) is 16.7 Å². The minimum atomic E-state index is -0.555. The lowest BCUT2D eigenvalue weighted by molar-refractivity contribution is -0.384. The van der Waals surface area contributed by atoms with Gasteiger partial charge in [0, 0.05) is 19.2 Å². The molecule has 4 rings (SSSR count). The van der Waals surface area contributed by atoms with Crippen molar-refractivity contribution in [3.05, 3.63) is 68.9 Å². The van der Waals surface area contributed by atoms with Gasteiger partial charge in [0.2, 0.25) is 0 Å². The van der Waals surface area contributed by atoms with Gasteiger partial charge in [-0.05, 0) is 29.8 Å². The van der Waals surface area contributed by atoms with Gasteiger partial charge in [-0.1, -0.05) is 42.2 Å². The number of thiocarbonyl (C=S) groups is 1. The molecule has 2 fully saturated rings. The van der Waals surface area contributed by atoms with Crippen LogP contribution in [-0.2, 0) is 9.53 Å². The van der Waals surface area contributed by atoms with Crippen molar-refractivity contribution < 1.29 is 18.8 Å². The maximum absolute atomic E-state index is 14.1. The Morgan fingerprint density at radius 3 is 2.60 bits per heavy atom. The summed E-state index contributed by atoms with van der Waals surface area (Å²) in [7, 11) is 0. The standard InChI is InChI=1S/C20H16FN3O4S2/c21-14-3-1-2-4-15(14)23-19(25)18(30-20(23)29)12-13-5-6-16(17(11-13)24(26)27)22-7-9-28-10-8-22/h1-6,11-12H,7-10H2/b18-12+. The van der Waals surface area contributed by atoms with Crippen LogP contribution in [0.5, 0.6) is 0 Å². The molecule has 2 saturated heterocycles. The van der Waals surface area contributed by atoms with E-state index in [1.807, 2.05) is 4.90 Å². The van der Waals surface area contributed by atoms with Crippen molar-refractivity contribution >= 4 is 57.3 Å². The predicted molar refractivity (Wildman–Crippen MR) is 118 cm³/mol. The molecule has 7 nitrogen and oxygen atoms in total. The van der Waals surface area contributed by atoms with Crippen LogP contribution in [0.2, 0.25) is 0 Å². The van der Waals surface area contributed by atoms with E-state index in [2.05, 4.69) is 0 Å². The number of para-hydroxylation sites is 1. The number of carbonyl (C=O) groups is 1. The van der Waals surface area contributed by atoms with Crippen molar-refractivity contribution in [2.45, 2.75) is 0 Å². The average molecular weight is 445 g/mol. The maximum atomic E-state index is 14.1. The van der Waals surface area contributed by atoms with Crippen molar-refractivity contribution in [1.82, 2.24) is 0 Å². The van der Waals surface area contributed by atoms with E-state index in [9.17, 15) is 19.3 Å². The number of hydrogen-bond acceptors (Lipinski definition) is 7. The van der Waals surface area contributed by atoms with E-state index >= 15 is 0 Å². The Labute approximate surface area is 181 Å². The van der Waals surface area contributed by atoms with Crippen LogP contribution in [0.25, 0.3) is 6.08 Å². The normalized spacial score (nSPS) is 18.4. The lowest BCUT2D eigenvalue weighted by atomic mass is 10.1. The molecule has 1 amide bonds. The molecule has 30 heavy (non-hydrogen) atoms. The molecule has 2 aromatic carbocycles. The molecule has 0 N–H and O–H groups in total. The van der Waals surface area contributed by atoms with Gasteiger partial charge in [0.15, 0.2) is 4.32 Å². The molecule has 0 spiro atoms. The van der Waals surface area contributed by atoms with E-state index in [4.69, 9.17) is 17.0 Å². The molecule has 10 heteroatoms. The molecular weight excluding hydrogens is 429 g/mol. The number of carbonyl (C=O) groups excluding carboxylic acids is 1. The first-order chi connectivity index (χ1) is 14.5. The summed E-state index contributed by atoms with van der Waals surface area (Å²) in [4.78, 5) is 27.3. The zero-order valence-electron chi connectivity index (χ0n) is 15.6. The fourth-order valence-electron chi connectivity index (χ4n) is 3.31. The Morgan fingerprint density at radius 2 is 1.90 bits per heavy atom. The highest BCUT2D eigenvalue weighted by Gasteiger charge is 2.35. The first-order valence-electron chi connectivity index (χ1n) is 9.09. The number of morpholine rings is 1. The number of ether oxygens (including phenoxy) is 1. The topological polar surface area (TPSA) is 75.9 Å². The predicted octanol–water partition coefficient (Wildman–Crippen LogP) is 3.98. The van der Waals surface area contributed by atoms with Crippen molar-refractivity contribution in [2.24, 2.45) is 0 Å². The highest BCUT2D eigenvalue weighted by molar-refractivity contribution is 8.27. The van der Waals surface area contributed by atoms with Crippen LogP contribution in [-0.4, -0.2) is 41.5 Å². The first kappa shape index (κ1) is 20.5. The van der Waals surface area contributed by atoms with Crippen molar-refractivity contribution in [1.29, 1.82) is 0 Å². The molecule has 2 heterocycles. The molecule has 0 unspecified atom stereocenters. The third-order valence-electron chi connectivity index (χ3n) is 4.73. The smallest absolute Gasteiger partial charge is 0.293 e.